The lowest BCUT2D eigenvalue weighted by Gasteiger charge is -2.13. The van der Waals surface area contributed by atoms with Crippen LogP contribution in [0.2, 0.25) is 0 Å². The number of ether oxygens (including phenoxy) is 1. The Morgan fingerprint density at radius 3 is 2.36 bits per heavy atom. The number of hydrogen-bond acceptors (Lipinski definition) is 3. The Balaban J connectivity index is 2.41. The highest BCUT2D eigenvalue weighted by Crippen LogP contribution is 2.27. The van der Waals surface area contributed by atoms with Crippen molar-refractivity contribution < 1.29 is 9.53 Å². The molecule has 1 unspecified atom stereocenters. The molecule has 0 heterocycles. The molecule has 0 bridgehead atoms. The van der Waals surface area contributed by atoms with E-state index >= 15 is 0 Å². The van der Waals surface area contributed by atoms with Gasteiger partial charge in [0, 0.05) is 10.0 Å². The van der Waals surface area contributed by atoms with Crippen LogP contribution in [0.4, 0.5) is 0 Å². The number of nitrogens with zero attached hydrogens (tertiary/aromatic N) is 1. The van der Waals surface area contributed by atoms with Gasteiger partial charge in [-0.15, -0.1) is 0 Å². The maximum Gasteiger partial charge on any atom is 0.184 e. The summed E-state index contributed by atoms with van der Waals surface area (Å²) in [5.41, 5.74) is 3.18. The quantitative estimate of drug-likeness (QED) is 0.753. The van der Waals surface area contributed by atoms with Gasteiger partial charge in [0.2, 0.25) is 0 Å². The number of benzene rings is 2. The Morgan fingerprint density at radius 1 is 1.18 bits per heavy atom. The van der Waals surface area contributed by atoms with Crippen LogP contribution in [0.5, 0.6) is 5.75 Å². The van der Waals surface area contributed by atoms with Crippen molar-refractivity contribution in [2.45, 2.75) is 19.8 Å². The van der Waals surface area contributed by atoms with Crippen molar-refractivity contribution in [3.8, 4) is 11.8 Å². The molecule has 4 heteroatoms. The fourth-order valence-corrected chi connectivity index (χ4v) is 2.67. The Morgan fingerprint density at radius 2 is 1.82 bits per heavy atom. The molecule has 2 rings (SSSR count). The SMILES string of the molecule is COc1ccc(C(C#N)C(=O)c2cc(Br)c(C)cc2C)cc1. The molecule has 1 atom stereocenters. The smallest absolute Gasteiger partial charge is 0.184 e. The lowest BCUT2D eigenvalue weighted by Crippen LogP contribution is -2.13. The number of carbonyl (C=O) groups is 1. The van der Waals surface area contributed by atoms with E-state index in [4.69, 9.17) is 4.74 Å². The van der Waals surface area contributed by atoms with E-state index in [0.717, 1.165) is 15.6 Å². The van der Waals surface area contributed by atoms with Crippen molar-refractivity contribution in [1.82, 2.24) is 0 Å². The Bertz CT molecular complexity index is 745. The highest BCUT2D eigenvalue weighted by Gasteiger charge is 2.23. The Kier molecular flexibility index (Phi) is 4.99. The van der Waals surface area contributed by atoms with Crippen molar-refractivity contribution in [1.29, 1.82) is 5.26 Å². The molecule has 0 fully saturated rings. The molecule has 0 spiro atoms. The lowest BCUT2D eigenvalue weighted by atomic mass is 9.89. The average Bonchev–Trinajstić information content (AvgIpc) is 2.52. The first kappa shape index (κ1) is 16.3. The van der Waals surface area contributed by atoms with Crippen LogP contribution in [-0.4, -0.2) is 12.9 Å². The summed E-state index contributed by atoms with van der Waals surface area (Å²) in [5.74, 6) is -0.313. The van der Waals surface area contributed by atoms with Gasteiger partial charge >= 0.3 is 0 Å². The summed E-state index contributed by atoms with van der Waals surface area (Å²) >= 11 is 3.44. The zero-order chi connectivity index (χ0) is 16.3. The van der Waals surface area contributed by atoms with Crippen molar-refractivity contribution >= 4 is 21.7 Å². The van der Waals surface area contributed by atoms with E-state index in [2.05, 4.69) is 22.0 Å². The predicted molar refractivity (Wildman–Crippen MR) is 89.3 cm³/mol. The summed E-state index contributed by atoms with van der Waals surface area (Å²) < 4.78 is 5.97. The molecule has 0 aromatic heterocycles. The van der Waals surface area contributed by atoms with Crippen LogP contribution in [0.25, 0.3) is 0 Å². The molecule has 3 nitrogen and oxygen atoms in total. The molecular weight excluding hydrogens is 342 g/mol. The highest BCUT2D eigenvalue weighted by atomic mass is 79.9. The molecule has 0 amide bonds. The minimum Gasteiger partial charge on any atom is -0.497 e. The largest absolute Gasteiger partial charge is 0.497 e. The summed E-state index contributed by atoms with van der Waals surface area (Å²) in [6.45, 7) is 3.85. The number of methoxy groups -OCH3 is 1. The van der Waals surface area contributed by atoms with Crippen LogP contribution in [0, 0.1) is 25.2 Å². The second-order valence-electron chi connectivity index (χ2n) is 5.12. The van der Waals surface area contributed by atoms with E-state index < -0.39 is 5.92 Å². The summed E-state index contributed by atoms with van der Waals surface area (Å²) in [4.78, 5) is 12.7. The third kappa shape index (κ3) is 3.20. The highest BCUT2D eigenvalue weighted by molar-refractivity contribution is 9.10. The topological polar surface area (TPSA) is 50.1 Å². The molecule has 0 aliphatic heterocycles. The molecule has 22 heavy (non-hydrogen) atoms. The zero-order valence-corrected chi connectivity index (χ0v) is 14.3. The van der Waals surface area contributed by atoms with Gasteiger partial charge in [-0.05, 0) is 48.7 Å². The molecule has 2 aromatic rings. The number of rotatable bonds is 4. The van der Waals surface area contributed by atoms with E-state index in [9.17, 15) is 10.1 Å². The van der Waals surface area contributed by atoms with Gasteiger partial charge in [-0.3, -0.25) is 4.79 Å². The third-order valence-corrected chi connectivity index (χ3v) is 4.47. The average molecular weight is 358 g/mol. The molecular formula is C18H16BrNO2. The van der Waals surface area contributed by atoms with Gasteiger partial charge in [0.15, 0.2) is 5.78 Å². The van der Waals surface area contributed by atoms with Crippen LogP contribution in [0.1, 0.15) is 33.0 Å². The first-order valence-electron chi connectivity index (χ1n) is 6.82. The van der Waals surface area contributed by atoms with Crippen molar-refractivity contribution in [3.63, 3.8) is 0 Å². The van der Waals surface area contributed by atoms with Gasteiger partial charge in [0.05, 0.1) is 13.2 Å². The summed E-state index contributed by atoms with van der Waals surface area (Å²) in [6.07, 6.45) is 0. The number of aryl methyl sites for hydroxylation is 2. The monoisotopic (exact) mass is 357 g/mol. The molecule has 112 valence electrons. The maximum absolute atomic E-state index is 12.7. The number of ketones is 1. The van der Waals surface area contributed by atoms with E-state index in [1.165, 1.54) is 0 Å². The Labute approximate surface area is 138 Å². The van der Waals surface area contributed by atoms with E-state index in [-0.39, 0.29) is 5.78 Å². The van der Waals surface area contributed by atoms with Crippen molar-refractivity contribution in [2.75, 3.05) is 7.11 Å². The van der Waals surface area contributed by atoms with Gasteiger partial charge < -0.3 is 4.74 Å². The normalized spacial score (nSPS) is 11.6. The summed E-state index contributed by atoms with van der Waals surface area (Å²) in [5, 5.41) is 9.44. The zero-order valence-electron chi connectivity index (χ0n) is 12.7. The van der Waals surface area contributed by atoms with E-state index in [1.807, 2.05) is 19.9 Å². The van der Waals surface area contributed by atoms with Gasteiger partial charge in [0.25, 0.3) is 0 Å². The Hall–Kier alpha value is -2.12. The standard InChI is InChI=1S/C18H16BrNO2/c1-11-8-12(2)17(19)9-15(11)18(21)16(10-20)13-4-6-14(22-3)7-5-13/h4-9,16H,1-3H3. The second kappa shape index (κ2) is 6.76. The number of Topliss-reactive ketones (excluding diaryl/α,β-unsaturated/α-hetero) is 1. The van der Waals surface area contributed by atoms with Gasteiger partial charge in [0.1, 0.15) is 11.7 Å². The van der Waals surface area contributed by atoms with Crippen molar-refractivity contribution in [2.24, 2.45) is 0 Å². The summed E-state index contributed by atoms with van der Waals surface area (Å²) in [7, 11) is 1.58. The second-order valence-corrected chi connectivity index (χ2v) is 5.97. The van der Waals surface area contributed by atoms with Crippen LogP contribution in [0.15, 0.2) is 40.9 Å². The number of carbonyl (C=O) groups excluding carboxylic acids is 1. The van der Waals surface area contributed by atoms with Crippen LogP contribution >= 0.6 is 15.9 Å². The minimum atomic E-state index is -0.820. The van der Waals surface area contributed by atoms with Gasteiger partial charge in [-0.1, -0.05) is 34.1 Å². The first-order valence-corrected chi connectivity index (χ1v) is 7.61. The van der Waals surface area contributed by atoms with E-state index in [0.29, 0.717) is 16.9 Å². The first-order chi connectivity index (χ1) is 10.5. The summed E-state index contributed by atoms with van der Waals surface area (Å²) in [6, 6.07) is 12.9. The van der Waals surface area contributed by atoms with Crippen LogP contribution in [0.3, 0.4) is 0 Å². The molecule has 0 saturated carbocycles. The van der Waals surface area contributed by atoms with E-state index in [1.54, 1.807) is 37.4 Å². The molecule has 0 aliphatic carbocycles. The number of halogens is 1. The minimum absolute atomic E-state index is 0.189. The number of nitriles is 1. The maximum atomic E-state index is 12.7. The fourth-order valence-electron chi connectivity index (χ4n) is 2.33. The lowest BCUT2D eigenvalue weighted by molar-refractivity contribution is 0.0978. The molecule has 2 aromatic carbocycles. The molecule has 0 saturated heterocycles. The predicted octanol–water partition coefficient (Wildman–Crippen LogP) is 4.56. The number of hydrogen-bond donors (Lipinski definition) is 0. The molecule has 0 N–H and O–H groups in total. The van der Waals surface area contributed by atoms with Gasteiger partial charge in [-0.2, -0.15) is 5.26 Å². The van der Waals surface area contributed by atoms with Crippen LogP contribution < -0.4 is 4.74 Å². The third-order valence-electron chi connectivity index (χ3n) is 3.61. The molecule has 0 aliphatic rings. The van der Waals surface area contributed by atoms with Crippen molar-refractivity contribution in [3.05, 3.63) is 63.1 Å². The molecule has 0 radical (unpaired) electrons. The van der Waals surface area contributed by atoms with Gasteiger partial charge in [-0.25, -0.2) is 0 Å². The van der Waals surface area contributed by atoms with Crippen LogP contribution in [-0.2, 0) is 0 Å². The fraction of sp³-hybridized carbons (Fsp3) is 0.222.